The van der Waals surface area contributed by atoms with Gasteiger partial charge in [0.25, 0.3) is 0 Å². The number of nitrogens with zero attached hydrogens (tertiary/aromatic N) is 3. The topological polar surface area (TPSA) is 50.9 Å². The van der Waals surface area contributed by atoms with E-state index in [4.69, 9.17) is 0 Å². The average molecular weight is 235 g/mol. The van der Waals surface area contributed by atoms with Crippen LogP contribution in [0.3, 0.4) is 0 Å². The van der Waals surface area contributed by atoms with Gasteiger partial charge in [-0.2, -0.15) is 5.10 Å². The van der Waals surface area contributed by atoms with Crippen LogP contribution in [0, 0.1) is 5.82 Å². The molecule has 0 aliphatic heterocycles. The van der Waals surface area contributed by atoms with Gasteiger partial charge in [0.2, 0.25) is 0 Å². The number of halogens is 1. The van der Waals surface area contributed by atoms with E-state index in [1.807, 2.05) is 0 Å². The predicted octanol–water partition coefficient (Wildman–Crippen LogP) is 1.91. The summed E-state index contributed by atoms with van der Waals surface area (Å²) in [5, 5.41) is 14.2. The minimum atomic E-state index is -0.860. The number of rotatable bonds is 4. The normalized spacial score (nSPS) is 12.6. The van der Waals surface area contributed by atoms with Crippen LogP contribution in [-0.2, 0) is 6.54 Å². The third-order valence-corrected chi connectivity index (χ3v) is 2.45. The van der Waals surface area contributed by atoms with E-state index in [2.05, 4.69) is 17.0 Å². The van der Waals surface area contributed by atoms with Crippen molar-refractivity contribution in [2.24, 2.45) is 0 Å². The van der Waals surface area contributed by atoms with E-state index in [1.165, 1.54) is 12.1 Å². The minimum absolute atomic E-state index is 0.414. The summed E-state index contributed by atoms with van der Waals surface area (Å²) in [6.07, 6.45) is 4.59. The smallest absolute Gasteiger partial charge is 0.141 e. The molecule has 17 heavy (non-hydrogen) atoms. The molecule has 1 unspecified atom stereocenters. The van der Waals surface area contributed by atoms with Crippen LogP contribution in [0.1, 0.15) is 30.7 Å². The van der Waals surface area contributed by atoms with Gasteiger partial charge >= 0.3 is 0 Å². The van der Waals surface area contributed by atoms with Crippen molar-refractivity contribution in [1.82, 2.24) is 14.8 Å². The summed E-state index contributed by atoms with van der Waals surface area (Å²) >= 11 is 0. The van der Waals surface area contributed by atoms with Crippen LogP contribution < -0.4 is 0 Å². The molecule has 5 heteroatoms. The lowest BCUT2D eigenvalue weighted by Crippen LogP contribution is -2.01. The zero-order valence-electron chi connectivity index (χ0n) is 9.55. The van der Waals surface area contributed by atoms with Gasteiger partial charge in [0, 0.05) is 18.3 Å². The summed E-state index contributed by atoms with van der Waals surface area (Å²) in [5.74, 6) is -0.414. The molecule has 90 valence electrons. The Labute approximate surface area is 98.7 Å². The number of aliphatic hydroxyl groups excluding tert-OH is 1. The fourth-order valence-corrected chi connectivity index (χ4v) is 1.59. The maximum absolute atomic E-state index is 12.7. The lowest BCUT2D eigenvalue weighted by molar-refractivity contribution is 0.215. The summed E-state index contributed by atoms with van der Waals surface area (Å²) in [6.45, 7) is 2.86. The summed E-state index contributed by atoms with van der Waals surface area (Å²) in [4.78, 5) is 3.85. The lowest BCUT2D eigenvalue weighted by atomic mass is 10.1. The van der Waals surface area contributed by atoms with Crippen molar-refractivity contribution < 1.29 is 9.50 Å². The van der Waals surface area contributed by atoms with Crippen molar-refractivity contribution in [1.29, 1.82) is 0 Å². The first kappa shape index (κ1) is 11.7. The molecule has 0 aliphatic carbocycles. The Hall–Kier alpha value is -1.75. The standard InChI is InChI=1S/C12H14FN3O/c1-2-5-16-8-9(6-15-16)12(17)11-4-3-10(13)7-14-11/h3-4,6-8,12,17H,2,5H2,1H3. The first-order valence-corrected chi connectivity index (χ1v) is 5.52. The fraction of sp³-hybridized carbons (Fsp3) is 0.333. The fourth-order valence-electron chi connectivity index (χ4n) is 1.59. The molecular formula is C12H14FN3O. The predicted molar refractivity (Wildman–Crippen MR) is 60.8 cm³/mol. The maximum atomic E-state index is 12.7. The molecule has 0 aliphatic rings. The van der Waals surface area contributed by atoms with Crippen molar-refractivity contribution in [2.45, 2.75) is 26.0 Å². The van der Waals surface area contributed by atoms with Crippen molar-refractivity contribution in [2.75, 3.05) is 0 Å². The van der Waals surface area contributed by atoms with Gasteiger partial charge in [-0.15, -0.1) is 0 Å². The van der Waals surface area contributed by atoms with Crippen molar-refractivity contribution in [3.63, 3.8) is 0 Å². The van der Waals surface area contributed by atoms with Gasteiger partial charge in [0.1, 0.15) is 11.9 Å². The summed E-state index contributed by atoms with van der Waals surface area (Å²) in [7, 11) is 0. The Balaban J connectivity index is 2.18. The third-order valence-electron chi connectivity index (χ3n) is 2.45. The number of pyridine rings is 1. The summed E-state index contributed by atoms with van der Waals surface area (Å²) in [6, 6.07) is 2.75. The van der Waals surface area contributed by atoms with Crippen LogP contribution in [-0.4, -0.2) is 19.9 Å². The molecule has 2 heterocycles. The zero-order valence-corrected chi connectivity index (χ0v) is 9.55. The lowest BCUT2D eigenvalue weighted by Gasteiger charge is -2.06. The van der Waals surface area contributed by atoms with Gasteiger partial charge in [0.05, 0.1) is 18.1 Å². The first-order valence-electron chi connectivity index (χ1n) is 5.52. The Morgan fingerprint density at radius 3 is 2.88 bits per heavy atom. The molecule has 0 amide bonds. The highest BCUT2D eigenvalue weighted by atomic mass is 19.1. The molecule has 0 saturated carbocycles. The zero-order chi connectivity index (χ0) is 12.3. The van der Waals surface area contributed by atoms with Gasteiger partial charge in [-0.1, -0.05) is 6.92 Å². The van der Waals surface area contributed by atoms with Crippen LogP contribution in [0.25, 0.3) is 0 Å². The van der Waals surface area contributed by atoms with Crippen LogP contribution in [0.5, 0.6) is 0 Å². The maximum Gasteiger partial charge on any atom is 0.141 e. The van der Waals surface area contributed by atoms with Gasteiger partial charge in [-0.25, -0.2) is 4.39 Å². The highest BCUT2D eigenvalue weighted by molar-refractivity contribution is 5.21. The molecule has 2 rings (SSSR count). The molecule has 4 nitrogen and oxygen atoms in total. The van der Waals surface area contributed by atoms with Gasteiger partial charge in [-0.3, -0.25) is 9.67 Å². The second kappa shape index (κ2) is 5.05. The molecule has 2 aromatic heterocycles. The summed E-state index contributed by atoms with van der Waals surface area (Å²) < 4.78 is 14.5. The molecule has 1 atom stereocenters. The van der Waals surface area contributed by atoms with Crippen LogP contribution >= 0.6 is 0 Å². The minimum Gasteiger partial charge on any atom is -0.382 e. The van der Waals surface area contributed by atoms with E-state index in [9.17, 15) is 9.50 Å². The average Bonchev–Trinajstić information content (AvgIpc) is 2.78. The van der Waals surface area contributed by atoms with E-state index >= 15 is 0 Å². The Morgan fingerprint density at radius 1 is 1.41 bits per heavy atom. The molecule has 0 radical (unpaired) electrons. The largest absolute Gasteiger partial charge is 0.382 e. The van der Waals surface area contributed by atoms with E-state index in [0.717, 1.165) is 19.2 Å². The molecule has 1 N–H and O–H groups in total. The highest BCUT2D eigenvalue weighted by Gasteiger charge is 2.13. The second-order valence-electron chi connectivity index (χ2n) is 3.84. The molecule has 0 bridgehead atoms. The van der Waals surface area contributed by atoms with Crippen molar-refractivity contribution >= 4 is 0 Å². The number of hydrogen-bond donors (Lipinski definition) is 1. The van der Waals surface area contributed by atoms with Gasteiger partial charge < -0.3 is 5.11 Å². The SMILES string of the molecule is CCCn1cc(C(O)c2ccc(F)cn2)cn1. The highest BCUT2D eigenvalue weighted by Crippen LogP contribution is 2.19. The molecule has 0 fully saturated rings. The molecule has 0 aromatic carbocycles. The van der Waals surface area contributed by atoms with Crippen molar-refractivity contribution in [3.8, 4) is 0 Å². The Morgan fingerprint density at radius 2 is 2.24 bits per heavy atom. The van der Waals surface area contributed by atoms with E-state index in [0.29, 0.717) is 11.3 Å². The molecule has 2 aromatic rings. The van der Waals surface area contributed by atoms with Crippen LogP contribution in [0.15, 0.2) is 30.7 Å². The van der Waals surface area contributed by atoms with Crippen LogP contribution in [0.4, 0.5) is 4.39 Å². The van der Waals surface area contributed by atoms with E-state index in [-0.39, 0.29) is 0 Å². The Bertz CT molecular complexity index is 481. The number of aromatic nitrogens is 3. The Kier molecular flexibility index (Phi) is 3.49. The monoisotopic (exact) mass is 235 g/mol. The van der Waals surface area contributed by atoms with Crippen molar-refractivity contribution in [3.05, 3.63) is 47.8 Å². The number of hydrogen-bond acceptors (Lipinski definition) is 3. The quantitative estimate of drug-likeness (QED) is 0.880. The van der Waals surface area contributed by atoms with Crippen LogP contribution in [0.2, 0.25) is 0 Å². The number of aryl methyl sites for hydroxylation is 1. The molecule has 0 spiro atoms. The second-order valence-corrected chi connectivity index (χ2v) is 3.84. The van der Waals surface area contributed by atoms with Gasteiger partial charge in [0.15, 0.2) is 0 Å². The number of aliphatic hydroxyl groups is 1. The molecule has 0 saturated heterocycles. The third kappa shape index (κ3) is 2.68. The van der Waals surface area contributed by atoms with E-state index < -0.39 is 11.9 Å². The van der Waals surface area contributed by atoms with Gasteiger partial charge in [-0.05, 0) is 18.6 Å². The molecular weight excluding hydrogens is 221 g/mol. The summed E-state index contributed by atoms with van der Waals surface area (Å²) in [5.41, 5.74) is 1.08. The van der Waals surface area contributed by atoms with E-state index in [1.54, 1.807) is 17.1 Å². The first-order chi connectivity index (χ1) is 8.20.